The minimum atomic E-state index is -0.892. The van der Waals surface area contributed by atoms with Crippen molar-refractivity contribution >= 4 is 5.97 Å². The smallest absolute Gasteiger partial charge is 0.312 e. The van der Waals surface area contributed by atoms with Crippen LogP contribution in [-0.2, 0) is 11.2 Å². The first kappa shape index (κ1) is 11.2. The molecule has 1 aromatic heterocycles. The van der Waals surface area contributed by atoms with E-state index in [4.69, 9.17) is 9.52 Å². The highest BCUT2D eigenvalue weighted by atomic mass is 16.4. The Hall–Kier alpha value is -1.32. The van der Waals surface area contributed by atoms with Crippen LogP contribution in [0.1, 0.15) is 55.4 Å². The molecule has 1 heterocycles. The van der Waals surface area contributed by atoms with Crippen LogP contribution in [0.2, 0.25) is 0 Å². The van der Waals surface area contributed by atoms with Gasteiger partial charge in [0.15, 0.2) is 0 Å². The largest absolute Gasteiger partial charge is 0.481 e. The van der Waals surface area contributed by atoms with Crippen LogP contribution in [0.4, 0.5) is 0 Å². The second-order valence-corrected chi connectivity index (χ2v) is 4.46. The predicted molar refractivity (Wildman–Crippen MR) is 58.4 cm³/mol. The summed E-state index contributed by atoms with van der Waals surface area (Å²) >= 11 is 0. The quantitative estimate of drug-likeness (QED) is 0.855. The van der Waals surface area contributed by atoms with Crippen LogP contribution < -0.4 is 0 Å². The van der Waals surface area contributed by atoms with E-state index >= 15 is 0 Å². The summed E-state index contributed by atoms with van der Waals surface area (Å²) in [5.74, 6) is 0.807. The minimum absolute atomic E-state index is 0.118. The van der Waals surface area contributed by atoms with Crippen LogP contribution in [0.15, 0.2) is 4.42 Å². The zero-order chi connectivity index (χ0) is 11.5. The summed E-state index contributed by atoms with van der Waals surface area (Å²) in [6.07, 6.45) is 5.93. The Balaban J connectivity index is 2.13. The molecule has 4 heteroatoms. The standard InChI is InChI=1S/C12H17NO3/c1-8-12(9-5-3-2-4-6-9)16-10(13-8)7-11(14)15/h9H,2-7H2,1H3,(H,14,15). The number of hydrogen-bond acceptors (Lipinski definition) is 3. The molecule has 1 N–H and O–H groups in total. The Morgan fingerprint density at radius 3 is 2.75 bits per heavy atom. The molecule has 0 saturated heterocycles. The van der Waals surface area contributed by atoms with Gasteiger partial charge in [-0.25, -0.2) is 4.98 Å². The zero-order valence-corrected chi connectivity index (χ0v) is 9.53. The Morgan fingerprint density at radius 1 is 1.44 bits per heavy atom. The summed E-state index contributed by atoms with van der Waals surface area (Å²) in [6, 6.07) is 0. The fraction of sp³-hybridized carbons (Fsp3) is 0.667. The van der Waals surface area contributed by atoms with E-state index in [1.165, 1.54) is 19.3 Å². The van der Waals surface area contributed by atoms with Crippen molar-refractivity contribution in [2.75, 3.05) is 0 Å². The Morgan fingerprint density at radius 2 is 2.12 bits per heavy atom. The van der Waals surface area contributed by atoms with Crippen LogP contribution in [0, 0.1) is 6.92 Å². The summed E-state index contributed by atoms with van der Waals surface area (Å²) in [7, 11) is 0. The van der Waals surface area contributed by atoms with Gasteiger partial charge in [-0.2, -0.15) is 0 Å². The number of aryl methyl sites for hydroxylation is 1. The molecule has 0 aromatic carbocycles. The van der Waals surface area contributed by atoms with Gasteiger partial charge in [-0.15, -0.1) is 0 Å². The van der Waals surface area contributed by atoms with Crippen molar-refractivity contribution < 1.29 is 14.3 Å². The second kappa shape index (κ2) is 4.68. The average molecular weight is 223 g/mol. The van der Waals surface area contributed by atoms with Crippen LogP contribution in [0.25, 0.3) is 0 Å². The summed E-state index contributed by atoms with van der Waals surface area (Å²) in [6.45, 7) is 1.90. The van der Waals surface area contributed by atoms with Crippen LogP contribution >= 0.6 is 0 Å². The normalized spacial score (nSPS) is 17.6. The number of carbonyl (C=O) groups is 1. The average Bonchev–Trinajstić information content (AvgIpc) is 2.60. The highest BCUT2D eigenvalue weighted by molar-refractivity contribution is 5.68. The third-order valence-electron chi connectivity index (χ3n) is 3.16. The monoisotopic (exact) mass is 223 g/mol. The molecule has 0 unspecified atom stereocenters. The molecule has 16 heavy (non-hydrogen) atoms. The first-order valence-electron chi connectivity index (χ1n) is 5.85. The predicted octanol–water partition coefficient (Wildman–Crippen LogP) is 2.66. The minimum Gasteiger partial charge on any atom is -0.481 e. The van der Waals surface area contributed by atoms with Gasteiger partial charge in [-0.05, 0) is 19.8 Å². The van der Waals surface area contributed by atoms with Gasteiger partial charge in [-0.3, -0.25) is 4.79 Å². The number of nitrogens with zero attached hydrogens (tertiary/aromatic N) is 1. The molecular formula is C12H17NO3. The van der Waals surface area contributed by atoms with E-state index < -0.39 is 5.97 Å². The third-order valence-corrected chi connectivity index (χ3v) is 3.16. The number of aliphatic carboxylic acids is 1. The molecule has 1 aliphatic carbocycles. The molecule has 88 valence electrons. The van der Waals surface area contributed by atoms with Gasteiger partial charge in [0.05, 0.1) is 5.69 Å². The fourth-order valence-electron chi connectivity index (χ4n) is 2.41. The molecule has 1 aromatic rings. The summed E-state index contributed by atoms with van der Waals surface area (Å²) in [5.41, 5.74) is 0.864. The maximum atomic E-state index is 10.6. The van der Waals surface area contributed by atoms with Crippen molar-refractivity contribution in [2.45, 2.75) is 51.4 Å². The lowest BCUT2D eigenvalue weighted by Crippen LogP contribution is -2.04. The van der Waals surface area contributed by atoms with Gasteiger partial charge >= 0.3 is 5.97 Å². The SMILES string of the molecule is Cc1nc(CC(=O)O)oc1C1CCCCC1. The molecule has 0 aliphatic heterocycles. The molecule has 1 saturated carbocycles. The van der Waals surface area contributed by atoms with Crippen molar-refractivity contribution in [3.8, 4) is 0 Å². The van der Waals surface area contributed by atoms with Crippen LogP contribution in [-0.4, -0.2) is 16.1 Å². The van der Waals surface area contributed by atoms with Gasteiger partial charge in [0, 0.05) is 5.92 Å². The molecule has 2 rings (SSSR count). The number of carboxylic acids is 1. The molecular weight excluding hydrogens is 206 g/mol. The first-order valence-corrected chi connectivity index (χ1v) is 5.85. The zero-order valence-electron chi connectivity index (χ0n) is 9.53. The van der Waals surface area contributed by atoms with E-state index in [2.05, 4.69) is 4.98 Å². The lowest BCUT2D eigenvalue weighted by Gasteiger charge is -2.19. The molecule has 1 aliphatic rings. The van der Waals surface area contributed by atoms with Crippen molar-refractivity contribution in [1.82, 2.24) is 4.98 Å². The van der Waals surface area contributed by atoms with Gasteiger partial charge in [-0.1, -0.05) is 19.3 Å². The summed E-state index contributed by atoms with van der Waals surface area (Å²) in [5, 5.41) is 8.68. The number of hydrogen-bond donors (Lipinski definition) is 1. The summed E-state index contributed by atoms with van der Waals surface area (Å²) < 4.78 is 5.57. The van der Waals surface area contributed by atoms with Crippen molar-refractivity contribution in [2.24, 2.45) is 0 Å². The molecule has 0 bridgehead atoms. The molecule has 0 radical (unpaired) electrons. The first-order chi connectivity index (χ1) is 7.66. The number of rotatable bonds is 3. The Bertz CT molecular complexity index is 378. The Labute approximate surface area is 94.7 Å². The number of aromatic nitrogens is 1. The Kier molecular flexibility index (Phi) is 3.27. The molecule has 4 nitrogen and oxygen atoms in total. The van der Waals surface area contributed by atoms with E-state index in [1.807, 2.05) is 6.92 Å². The van der Waals surface area contributed by atoms with Crippen molar-refractivity contribution in [1.29, 1.82) is 0 Å². The van der Waals surface area contributed by atoms with E-state index in [9.17, 15) is 4.79 Å². The molecule has 0 atom stereocenters. The lowest BCUT2D eigenvalue weighted by molar-refractivity contribution is -0.136. The van der Waals surface area contributed by atoms with E-state index in [1.54, 1.807) is 0 Å². The molecule has 0 amide bonds. The highest BCUT2D eigenvalue weighted by Gasteiger charge is 2.22. The molecule has 0 spiro atoms. The van der Waals surface area contributed by atoms with Crippen molar-refractivity contribution in [3.63, 3.8) is 0 Å². The van der Waals surface area contributed by atoms with E-state index in [0.717, 1.165) is 24.3 Å². The number of carboxylic acid groups (broad SMARTS) is 1. The topological polar surface area (TPSA) is 63.3 Å². The van der Waals surface area contributed by atoms with Gasteiger partial charge in [0.25, 0.3) is 0 Å². The maximum absolute atomic E-state index is 10.6. The molecule has 1 fully saturated rings. The number of oxazole rings is 1. The van der Waals surface area contributed by atoms with Gasteiger partial charge in [0.2, 0.25) is 5.89 Å². The van der Waals surface area contributed by atoms with E-state index in [-0.39, 0.29) is 6.42 Å². The lowest BCUT2D eigenvalue weighted by atomic mass is 9.87. The second-order valence-electron chi connectivity index (χ2n) is 4.46. The van der Waals surface area contributed by atoms with Crippen LogP contribution in [0.3, 0.4) is 0 Å². The fourth-order valence-corrected chi connectivity index (χ4v) is 2.41. The van der Waals surface area contributed by atoms with Crippen LogP contribution in [0.5, 0.6) is 0 Å². The van der Waals surface area contributed by atoms with Gasteiger partial charge < -0.3 is 9.52 Å². The third kappa shape index (κ3) is 2.43. The summed E-state index contributed by atoms with van der Waals surface area (Å²) in [4.78, 5) is 14.7. The van der Waals surface area contributed by atoms with E-state index in [0.29, 0.717) is 11.8 Å². The van der Waals surface area contributed by atoms with Crippen molar-refractivity contribution in [3.05, 3.63) is 17.3 Å². The van der Waals surface area contributed by atoms with Gasteiger partial charge in [0.1, 0.15) is 12.2 Å². The highest BCUT2D eigenvalue weighted by Crippen LogP contribution is 2.34. The maximum Gasteiger partial charge on any atom is 0.312 e.